The van der Waals surface area contributed by atoms with Crippen LogP contribution in [-0.2, 0) is 16.1 Å². The van der Waals surface area contributed by atoms with Crippen LogP contribution in [0.25, 0.3) is 6.08 Å². The highest BCUT2D eigenvalue weighted by molar-refractivity contribution is 9.10. The molecule has 1 aliphatic rings. The molecule has 0 saturated heterocycles. The number of nitrogens with zero attached hydrogens (tertiary/aromatic N) is 2. The number of benzene rings is 3. The Balaban J connectivity index is 1.57. The first-order valence-corrected chi connectivity index (χ1v) is 16.4. The zero-order valence-electron chi connectivity index (χ0n) is 24.9. The highest BCUT2D eigenvalue weighted by Gasteiger charge is 2.35. The van der Waals surface area contributed by atoms with E-state index in [0.29, 0.717) is 53.4 Å². The van der Waals surface area contributed by atoms with Gasteiger partial charge in [-0.05, 0) is 95.9 Å². The number of thiazole rings is 1. The molecular weight excluding hydrogens is 731 g/mol. The van der Waals surface area contributed by atoms with Crippen molar-refractivity contribution in [3.05, 3.63) is 117 Å². The van der Waals surface area contributed by atoms with Crippen LogP contribution < -0.4 is 29.1 Å². The largest absolute Gasteiger partial charge is 0.493 e. The first-order valence-electron chi connectivity index (χ1n) is 14.0. The van der Waals surface area contributed by atoms with Crippen molar-refractivity contribution < 1.29 is 28.1 Å². The number of hydrogen-bond acceptors (Lipinski definition) is 8. The van der Waals surface area contributed by atoms with E-state index in [4.69, 9.17) is 18.9 Å². The summed E-state index contributed by atoms with van der Waals surface area (Å²) < 4.78 is 39.2. The van der Waals surface area contributed by atoms with Crippen molar-refractivity contribution in [2.24, 2.45) is 4.99 Å². The zero-order chi connectivity index (χ0) is 32.2. The number of esters is 1. The maximum Gasteiger partial charge on any atom is 0.338 e. The third-order valence-corrected chi connectivity index (χ3v) is 9.25. The van der Waals surface area contributed by atoms with Crippen molar-refractivity contribution in [1.82, 2.24) is 4.57 Å². The van der Waals surface area contributed by atoms with Crippen molar-refractivity contribution in [2.45, 2.75) is 33.4 Å². The molecule has 2 heterocycles. The summed E-state index contributed by atoms with van der Waals surface area (Å²) in [4.78, 5) is 32.5. The van der Waals surface area contributed by atoms with Gasteiger partial charge in [-0.15, -0.1) is 0 Å². The molecule has 4 aromatic rings. The van der Waals surface area contributed by atoms with E-state index in [2.05, 4.69) is 36.9 Å². The summed E-state index contributed by atoms with van der Waals surface area (Å²) in [5.41, 5.74) is 2.60. The van der Waals surface area contributed by atoms with Gasteiger partial charge in [0.15, 0.2) is 16.3 Å². The lowest BCUT2D eigenvalue weighted by molar-refractivity contribution is -0.139. The van der Waals surface area contributed by atoms with Gasteiger partial charge in [0.1, 0.15) is 18.2 Å². The maximum atomic E-state index is 14.1. The van der Waals surface area contributed by atoms with Gasteiger partial charge in [0.05, 0.1) is 46.6 Å². The predicted molar refractivity (Wildman–Crippen MR) is 177 cm³/mol. The Hall–Kier alpha value is -3.74. The normalized spacial score (nSPS) is 14.6. The number of allylic oxidation sites excluding steroid dienone is 1. The molecular formula is C33H29Br2FN2O6S. The number of carbonyl (C=O) groups excluding carboxylic acids is 1. The van der Waals surface area contributed by atoms with E-state index in [-0.39, 0.29) is 30.2 Å². The lowest BCUT2D eigenvalue weighted by Gasteiger charge is -2.26. The molecule has 3 aromatic carbocycles. The van der Waals surface area contributed by atoms with Gasteiger partial charge in [0.2, 0.25) is 0 Å². The first-order chi connectivity index (χ1) is 21.6. The van der Waals surface area contributed by atoms with E-state index in [9.17, 15) is 14.0 Å². The van der Waals surface area contributed by atoms with Crippen LogP contribution in [0.1, 0.15) is 43.5 Å². The fourth-order valence-electron chi connectivity index (χ4n) is 4.89. The molecule has 1 aliphatic heterocycles. The number of carbonyl (C=O) groups is 1. The van der Waals surface area contributed by atoms with Crippen LogP contribution in [0.5, 0.6) is 17.2 Å². The second-order valence-electron chi connectivity index (χ2n) is 9.86. The second-order valence-corrected chi connectivity index (χ2v) is 12.6. The van der Waals surface area contributed by atoms with Gasteiger partial charge in [0, 0.05) is 4.47 Å². The topological polar surface area (TPSA) is 88.4 Å². The van der Waals surface area contributed by atoms with Crippen molar-refractivity contribution in [1.29, 1.82) is 0 Å². The Bertz CT molecular complexity index is 1970. The minimum absolute atomic E-state index is 0.166. The lowest BCUT2D eigenvalue weighted by atomic mass is 9.95. The smallest absolute Gasteiger partial charge is 0.338 e. The molecule has 5 rings (SSSR count). The van der Waals surface area contributed by atoms with Crippen LogP contribution >= 0.6 is 43.2 Å². The number of fused-ring (bicyclic) bond motifs is 1. The molecule has 0 N–H and O–H groups in total. The molecule has 0 spiro atoms. The van der Waals surface area contributed by atoms with Crippen LogP contribution in [0.3, 0.4) is 0 Å². The van der Waals surface area contributed by atoms with Crippen molar-refractivity contribution in [3.63, 3.8) is 0 Å². The summed E-state index contributed by atoms with van der Waals surface area (Å²) in [6.07, 6.45) is 1.77. The maximum absolute atomic E-state index is 14.1. The van der Waals surface area contributed by atoms with Crippen LogP contribution in [0.2, 0.25) is 0 Å². The predicted octanol–water partition coefficient (Wildman–Crippen LogP) is 6.45. The average molecular weight is 760 g/mol. The van der Waals surface area contributed by atoms with E-state index in [0.717, 1.165) is 11.1 Å². The fourth-order valence-corrected chi connectivity index (χ4v) is 6.99. The first kappa shape index (κ1) is 32.6. The van der Waals surface area contributed by atoms with Crippen molar-refractivity contribution in [2.75, 3.05) is 20.3 Å². The SMILES string of the molecule is CCOC(=O)C1=C(C)N=c2s/c(=C/c3ccc(OCc4ccc(F)cc4)c(Br)c3)c(=O)n2[C@H]1c1cc(OC)c(OCC)cc1Br. The van der Waals surface area contributed by atoms with Crippen LogP contribution in [0.15, 0.2) is 84.6 Å². The third kappa shape index (κ3) is 6.92. The molecule has 1 aromatic heterocycles. The Morgan fingerprint density at radius 1 is 1.00 bits per heavy atom. The number of hydrogen-bond donors (Lipinski definition) is 0. The standard InChI is InChI=1S/C33H29Br2FN2O6S/c1-5-42-27-16-23(34)22(15-26(27)41-4)30-29(32(40)43-6-2)18(3)37-33-38(30)31(39)28(45-33)14-20-9-12-25(24(35)13-20)44-17-19-7-10-21(36)11-8-19/h7-16,30H,5-6,17H2,1-4H3/b28-14+/t30-/m0/s1. The molecule has 0 aliphatic carbocycles. The monoisotopic (exact) mass is 758 g/mol. The van der Waals surface area contributed by atoms with Gasteiger partial charge in [-0.1, -0.05) is 45.5 Å². The molecule has 0 bridgehead atoms. The zero-order valence-corrected chi connectivity index (χ0v) is 28.8. The van der Waals surface area contributed by atoms with Gasteiger partial charge < -0.3 is 18.9 Å². The molecule has 0 saturated carbocycles. The summed E-state index contributed by atoms with van der Waals surface area (Å²) in [5, 5.41) is 0. The molecule has 0 radical (unpaired) electrons. The van der Waals surface area contributed by atoms with E-state index in [1.165, 1.54) is 35.1 Å². The summed E-state index contributed by atoms with van der Waals surface area (Å²) in [6, 6.07) is 14.3. The lowest BCUT2D eigenvalue weighted by Crippen LogP contribution is -2.40. The molecule has 234 valence electrons. The number of aromatic nitrogens is 1. The van der Waals surface area contributed by atoms with Gasteiger partial charge >= 0.3 is 5.97 Å². The summed E-state index contributed by atoms with van der Waals surface area (Å²) in [5.74, 6) is 0.721. The van der Waals surface area contributed by atoms with Crippen molar-refractivity contribution in [3.8, 4) is 17.2 Å². The summed E-state index contributed by atoms with van der Waals surface area (Å²) in [7, 11) is 1.53. The molecule has 0 unspecified atom stereocenters. The van der Waals surface area contributed by atoms with E-state index < -0.39 is 12.0 Å². The molecule has 8 nitrogen and oxygen atoms in total. The van der Waals surface area contributed by atoms with Gasteiger partial charge in [-0.25, -0.2) is 14.2 Å². The third-order valence-electron chi connectivity index (χ3n) is 6.96. The van der Waals surface area contributed by atoms with Crippen LogP contribution in [0.4, 0.5) is 4.39 Å². The van der Waals surface area contributed by atoms with Crippen LogP contribution in [-0.4, -0.2) is 30.9 Å². The Kier molecular flexibility index (Phi) is 10.3. The minimum atomic E-state index is -0.838. The fraction of sp³-hybridized carbons (Fsp3) is 0.242. The van der Waals surface area contributed by atoms with E-state index in [1.54, 1.807) is 50.3 Å². The summed E-state index contributed by atoms with van der Waals surface area (Å²) in [6.45, 7) is 6.20. The number of methoxy groups -OCH3 is 1. The van der Waals surface area contributed by atoms with Gasteiger partial charge in [0.25, 0.3) is 5.56 Å². The minimum Gasteiger partial charge on any atom is -0.493 e. The Labute approximate surface area is 279 Å². The van der Waals surface area contributed by atoms with E-state index >= 15 is 0 Å². The van der Waals surface area contributed by atoms with E-state index in [1.807, 2.05) is 19.1 Å². The average Bonchev–Trinajstić information content (AvgIpc) is 3.31. The van der Waals surface area contributed by atoms with Gasteiger partial charge in [-0.2, -0.15) is 0 Å². The second kappa shape index (κ2) is 14.1. The number of ether oxygens (including phenoxy) is 4. The molecule has 45 heavy (non-hydrogen) atoms. The molecule has 0 fully saturated rings. The van der Waals surface area contributed by atoms with Crippen LogP contribution in [0, 0.1) is 5.82 Å². The highest BCUT2D eigenvalue weighted by Crippen LogP contribution is 2.41. The number of halogens is 3. The van der Waals surface area contributed by atoms with Crippen molar-refractivity contribution >= 4 is 55.2 Å². The molecule has 1 atom stereocenters. The Morgan fingerprint density at radius 3 is 2.42 bits per heavy atom. The Morgan fingerprint density at radius 2 is 1.76 bits per heavy atom. The number of rotatable bonds is 10. The molecule has 0 amide bonds. The van der Waals surface area contributed by atoms with Gasteiger partial charge in [-0.3, -0.25) is 9.36 Å². The quantitative estimate of drug-likeness (QED) is 0.173. The summed E-state index contributed by atoms with van der Waals surface area (Å²) >= 11 is 8.42. The highest BCUT2D eigenvalue weighted by atomic mass is 79.9. The molecule has 12 heteroatoms.